The summed E-state index contributed by atoms with van der Waals surface area (Å²) >= 11 is 0. The molecule has 1 fully saturated rings. The number of hydrogen-bond acceptors (Lipinski definition) is 4. The molecule has 1 atom stereocenters. The molecule has 0 aromatic carbocycles. The number of hydrogen-bond donors (Lipinski definition) is 1. The quantitative estimate of drug-likeness (QED) is 0.714. The summed E-state index contributed by atoms with van der Waals surface area (Å²) in [5.74, 6) is -0.0953. The Labute approximate surface area is 122 Å². The van der Waals surface area contributed by atoms with Crippen LogP contribution in [0.5, 0.6) is 0 Å². The SMILES string of the molecule is CCC(CC)N1C(=O)CC(NCC(C)(C)N(C)C)C1=O. The summed E-state index contributed by atoms with van der Waals surface area (Å²) in [4.78, 5) is 28.0. The summed E-state index contributed by atoms with van der Waals surface area (Å²) in [6.45, 7) is 8.94. The standard InChI is InChI=1S/C15H29N3O2/c1-7-11(8-2)18-13(19)9-12(14(18)20)16-10-15(3,4)17(5)6/h11-12,16H,7-10H2,1-6H3. The fourth-order valence-corrected chi connectivity index (χ4v) is 2.38. The molecule has 0 aliphatic carbocycles. The summed E-state index contributed by atoms with van der Waals surface area (Å²) in [6, 6.07) is -0.314. The van der Waals surface area contributed by atoms with Crippen molar-refractivity contribution in [1.82, 2.24) is 15.1 Å². The van der Waals surface area contributed by atoms with Crippen LogP contribution in [-0.2, 0) is 9.59 Å². The fraction of sp³-hybridized carbons (Fsp3) is 0.867. The molecule has 0 bridgehead atoms. The van der Waals surface area contributed by atoms with Crippen molar-refractivity contribution >= 4 is 11.8 Å². The number of rotatable bonds is 7. The van der Waals surface area contributed by atoms with E-state index >= 15 is 0 Å². The second kappa shape index (κ2) is 6.68. The van der Waals surface area contributed by atoms with Gasteiger partial charge < -0.3 is 10.2 Å². The van der Waals surface area contributed by atoms with E-state index in [2.05, 4.69) is 24.1 Å². The Hall–Kier alpha value is -0.940. The van der Waals surface area contributed by atoms with Crippen LogP contribution in [-0.4, -0.2) is 59.9 Å². The second-order valence-electron chi connectivity index (χ2n) is 6.42. The number of imide groups is 1. The number of amides is 2. The molecule has 5 nitrogen and oxygen atoms in total. The molecule has 116 valence electrons. The Kier molecular flexibility index (Phi) is 5.71. The van der Waals surface area contributed by atoms with Crippen LogP contribution in [0.1, 0.15) is 47.0 Å². The predicted molar refractivity (Wildman–Crippen MR) is 80.4 cm³/mol. The van der Waals surface area contributed by atoms with Crippen molar-refractivity contribution in [1.29, 1.82) is 0 Å². The largest absolute Gasteiger partial charge is 0.304 e. The minimum atomic E-state index is -0.359. The predicted octanol–water partition coefficient (Wildman–Crippen LogP) is 1.23. The third kappa shape index (κ3) is 3.58. The van der Waals surface area contributed by atoms with Crippen LogP contribution >= 0.6 is 0 Å². The second-order valence-corrected chi connectivity index (χ2v) is 6.42. The maximum absolute atomic E-state index is 12.4. The van der Waals surface area contributed by atoms with Crippen molar-refractivity contribution in [2.45, 2.75) is 64.6 Å². The molecule has 0 aromatic rings. The number of carbonyl (C=O) groups excluding carboxylic acids is 2. The maximum atomic E-state index is 12.4. The number of nitrogens with one attached hydrogen (secondary N) is 1. The van der Waals surface area contributed by atoms with Crippen molar-refractivity contribution in [3.63, 3.8) is 0 Å². The monoisotopic (exact) mass is 283 g/mol. The van der Waals surface area contributed by atoms with Gasteiger partial charge in [-0.2, -0.15) is 0 Å². The summed E-state index contributed by atoms with van der Waals surface area (Å²) < 4.78 is 0. The van der Waals surface area contributed by atoms with Gasteiger partial charge in [0.25, 0.3) is 0 Å². The van der Waals surface area contributed by atoms with E-state index in [1.807, 2.05) is 27.9 Å². The first-order chi connectivity index (χ1) is 9.24. The smallest absolute Gasteiger partial charge is 0.247 e. The van der Waals surface area contributed by atoms with Crippen LogP contribution in [0.4, 0.5) is 0 Å². The minimum Gasteiger partial charge on any atom is -0.304 e. The number of carbonyl (C=O) groups is 2. The van der Waals surface area contributed by atoms with Gasteiger partial charge in [0.05, 0.1) is 12.5 Å². The van der Waals surface area contributed by atoms with Crippen molar-refractivity contribution in [2.24, 2.45) is 0 Å². The van der Waals surface area contributed by atoms with E-state index in [1.54, 1.807) is 0 Å². The van der Waals surface area contributed by atoms with E-state index in [-0.39, 0.29) is 29.4 Å². The van der Waals surface area contributed by atoms with Gasteiger partial charge in [0, 0.05) is 18.1 Å². The molecule has 1 aliphatic heterocycles. The van der Waals surface area contributed by atoms with E-state index in [1.165, 1.54) is 4.90 Å². The summed E-state index contributed by atoms with van der Waals surface area (Å²) in [5, 5.41) is 3.26. The lowest BCUT2D eigenvalue weighted by Gasteiger charge is -2.33. The first-order valence-electron chi connectivity index (χ1n) is 7.51. The molecule has 1 N–H and O–H groups in total. The Balaban J connectivity index is 2.67. The summed E-state index contributed by atoms with van der Waals surface area (Å²) in [5.41, 5.74) is -0.0499. The average molecular weight is 283 g/mol. The van der Waals surface area contributed by atoms with Gasteiger partial charge >= 0.3 is 0 Å². The molecule has 20 heavy (non-hydrogen) atoms. The van der Waals surface area contributed by atoms with E-state index in [9.17, 15) is 9.59 Å². The van der Waals surface area contributed by atoms with Gasteiger partial charge in [-0.1, -0.05) is 13.8 Å². The highest BCUT2D eigenvalue weighted by Gasteiger charge is 2.41. The number of likely N-dealkylation sites (tertiary alicyclic amines) is 1. The van der Waals surface area contributed by atoms with E-state index in [0.717, 1.165) is 12.8 Å². The average Bonchev–Trinajstić information content (AvgIpc) is 2.65. The number of likely N-dealkylation sites (N-methyl/N-ethyl adjacent to an activating group) is 1. The molecular weight excluding hydrogens is 254 g/mol. The van der Waals surface area contributed by atoms with Gasteiger partial charge in [-0.3, -0.25) is 14.5 Å². The van der Waals surface area contributed by atoms with Crippen molar-refractivity contribution in [3.05, 3.63) is 0 Å². The van der Waals surface area contributed by atoms with Crippen LogP contribution in [0.25, 0.3) is 0 Å². The van der Waals surface area contributed by atoms with Crippen LogP contribution < -0.4 is 5.32 Å². The molecule has 5 heteroatoms. The molecular formula is C15H29N3O2. The first-order valence-corrected chi connectivity index (χ1v) is 7.51. The summed E-state index contributed by atoms with van der Waals surface area (Å²) in [7, 11) is 4.03. The zero-order valence-electron chi connectivity index (χ0n) is 13.7. The molecule has 0 aromatic heterocycles. The molecule has 1 unspecified atom stereocenters. The molecule has 2 amide bonds. The molecule has 1 heterocycles. The topological polar surface area (TPSA) is 52.7 Å². The third-order valence-electron chi connectivity index (χ3n) is 4.48. The van der Waals surface area contributed by atoms with Gasteiger partial charge in [-0.25, -0.2) is 0 Å². The molecule has 1 aliphatic rings. The maximum Gasteiger partial charge on any atom is 0.247 e. The zero-order chi connectivity index (χ0) is 15.5. The van der Waals surface area contributed by atoms with E-state index in [4.69, 9.17) is 0 Å². The molecule has 0 radical (unpaired) electrons. The summed E-state index contributed by atoms with van der Waals surface area (Å²) in [6.07, 6.45) is 1.94. The van der Waals surface area contributed by atoms with Gasteiger partial charge in [0.15, 0.2) is 0 Å². The Morgan fingerprint density at radius 3 is 2.30 bits per heavy atom. The van der Waals surface area contributed by atoms with Gasteiger partial charge in [-0.05, 0) is 40.8 Å². The highest BCUT2D eigenvalue weighted by atomic mass is 16.2. The molecule has 1 rings (SSSR count). The van der Waals surface area contributed by atoms with Crippen LogP contribution in [0.3, 0.4) is 0 Å². The van der Waals surface area contributed by atoms with Crippen LogP contribution in [0.15, 0.2) is 0 Å². The lowest BCUT2D eigenvalue weighted by molar-refractivity contribution is -0.141. The van der Waals surface area contributed by atoms with Crippen LogP contribution in [0, 0.1) is 0 Å². The normalized spacial score (nSPS) is 20.6. The third-order valence-corrected chi connectivity index (χ3v) is 4.48. The van der Waals surface area contributed by atoms with Crippen LogP contribution in [0.2, 0.25) is 0 Å². The number of nitrogens with zero attached hydrogens (tertiary/aromatic N) is 2. The Bertz CT molecular complexity index is 362. The lowest BCUT2D eigenvalue weighted by Crippen LogP contribution is -2.51. The fourth-order valence-electron chi connectivity index (χ4n) is 2.38. The molecule has 1 saturated heterocycles. The van der Waals surface area contributed by atoms with Gasteiger partial charge in [0.1, 0.15) is 0 Å². The van der Waals surface area contributed by atoms with E-state index < -0.39 is 0 Å². The Morgan fingerprint density at radius 2 is 1.85 bits per heavy atom. The van der Waals surface area contributed by atoms with E-state index in [0.29, 0.717) is 13.0 Å². The minimum absolute atomic E-state index is 0.0381. The van der Waals surface area contributed by atoms with Crippen molar-refractivity contribution in [3.8, 4) is 0 Å². The van der Waals surface area contributed by atoms with Gasteiger partial charge in [-0.15, -0.1) is 0 Å². The van der Waals surface area contributed by atoms with Crippen molar-refractivity contribution in [2.75, 3.05) is 20.6 Å². The lowest BCUT2D eigenvalue weighted by atomic mass is 10.0. The molecule has 0 saturated carbocycles. The zero-order valence-corrected chi connectivity index (χ0v) is 13.7. The molecule has 0 spiro atoms. The van der Waals surface area contributed by atoms with Crippen molar-refractivity contribution < 1.29 is 9.59 Å². The Morgan fingerprint density at radius 1 is 1.30 bits per heavy atom. The highest BCUT2D eigenvalue weighted by molar-refractivity contribution is 6.05. The highest BCUT2D eigenvalue weighted by Crippen LogP contribution is 2.20. The van der Waals surface area contributed by atoms with Gasteiger partial charge in [0.2, 0.25) is 11.8 Å². The first kappa shape index (κ1) is 17.1.